The molecule has 1 spiro atoms. The first kappa shape index (κ1) is 15.4. The third kappa shape index (κ3) is 1.68. The lowest BCUT2D eigenvalue weighted by molar-refractivity contribution is 0.620. The van der Waals surface area contributed by atoms with Crippen LogP contribution in [-0.4, -0.2) is 0 Å². The van der Waals surface area contributed by atoms with E-state index in [1.165, 1.54) is 27.8 Å². The fourth-order valence-electron chi connectivity index (χ4n) is 5.12. The Morgan fingerprint density at radius 1 is 0.556 bits per heavy atom. The van der Waals surface area contributed by atoms with Crippen LogP contribution >= 0.6 is 15.9 Å². The maximum Gasteiger partial charge on any atom is 0.138 e. The van der Waals surface area contributed by atoms with Crippen molar-refractivity contribution in [3.8, 4) is 22.3 Å². The average Bonchev–Trinajstić information content (AvgIpc) is 3.18. The molecule has 0 saturated carbocycles. The van der Waals surface area contributed by atoms with Crippen molar-refractivity contribution >= 4 is 15.9 Å². The molecule has 0 heterocycles. The average molecular weight is 413 g/mol. The molecule has 4 aromatic rings. The minimum Gasteiger partial charge on any atom is -0.206 e. The molecule has 0 saturated heterocycles. The lowest BCUT2D eigenvalue weighted by atomic mass is 9.70. The Kier molecular flexibility index (Phi) is 2.94. The Bertz CT molecular complexity index is 1210. The smallest absolute Gasteiger partial charge is 0.138 e. The molecule has 0 amide bonds. The highest BCUT2D eigenvalue weighted by Gasteiger charge is 2.52. The lowest BCUT2D eigenvalue weighted by Crippen LogP contribution is -2.25. The van der Waals surface area contributed by atoms with Crippen LogP contribution in [0.15, 0.2) is 89.4 Å². The molecule has 0 aliphatic heterocycles. The van der Waals surface area contributed by atoms with Gasteiger partial charge in [0.15, 0.2) is 0 Å². The van der Waals surface area contributed by atoms with Crippen molar-refractivity contribution in [2.24, 2.45) is 0 Å². The van der Waals surface area contributed by atoms with E-state index in [0.717, 1.165) is 16.7 Å². The highest BCUT2D eigenvalue weighted by Crippen LogP contribution is 2.63. The van der Waals surface area contributed by atoms with Gasteiger partial charge in [0, 0.05) is 5.56 Å². The standard InChI is InChI=1S/C25H14BrF/c26-24-22(27)14-13-21-23(24)17-9-3-6-12-20(17)25(21)18-10-4-1-7-15(18)16-8-2-5-11-19(16)25/h1-14H. The van der Waals surface area contributed by atoms with Crippen molar-refractivity contribution in [2.45, 2.75) is 5.41 Å². The Hall–Kier alpha value is -2.71. The van der Waals surface area contributed by atoms with Gasteiger partial charge in [0.05, 0.1) is 9.89 Å². The van der Waals surface area contributed by atoms with Gasteiger partial charge in [-0.1, -0.05) is 78.9 Å². The number of hydrogen-bond donors (Lipinski definition) is 0. The highest BCUT2D eigenvalue weighted by molar-refractivity contribution is 9.10. The van der Waals surface area contributed by atoms with Gasteiger partial charge in [-0.05, 0) is 60.9 Å². The predicted octanol–water partition coefficient (Wildman–Crippen LogP) is 6.93. The second kappa shape index (κ2) is 5.17. The van der Waals surface area contributed by atoms with Gasteiger partial charge in [-0.3, -0.25) is 0 Å². The van der Waals surface area contributed by atoms with Gasteiger partial charge in [-0.25, -0.2) is 4.39 Å². The minimum absolute atomic E-state index is 0.222. The van der Waals surface area contributed by atoms with Crippen molar-refractivity contribution in [3.05, 3.63) is 117 Å². The van der Waals surface area contributed by atoms with Crippen molar-refractivity contribution in [2.75, 3.05) is 0 Å². The first-order valence-corrected chi connectivity index (χ1v) is 9.81. The van der Waals surface area contributed by atoms with E-state index in [4.69, 9.17) is 0 Å². The van der Waals surface area contributed by atoms with Crippen molar-refractivity contribution < 1.29 is 4.39 Å². The zero-order chi connectivity index (χ0) is 18.2. The summed E-state index contributed by atoms with van der Waals surface area (Å²) < 4.78 is 15.0. The molecular formula is C25H14BrF. The molecule has 0 atom stereocenters. The maximum atomic E-state index is 14.5. The number of hydrogen-bond acceptors (Lipinski definition) is 0. The van der Waals surface area contributed by atoms with Crippen LogP contribution in [0.5, 0.6) is 0 Å². The fourth-order valence-corrected chi connectivity index (χ4v) is 5.67. The summed E-state index contributed by atoms with van der Waals surface area (Å²) in [5, 5.41) is 0. The minimum atomic E-state index is -0.394. The second-order valence-electron chi connectivity index (χ2n) is 7.17. The normalized spacial score (nSPS) is 14.6. The predicted molar refractivity (Wildman–Crippen MR) is 110 cm³/mol. The second-order valence-corrected chi connectivity index (χ2v) is 7.96. The monoisotopic (exact) mass is 412 g/mol. The molecule has 27 heavy (non-hydrogen) atoms. The van der Waals surface area contributed by atoms with Gasteiger partial charge in [0.1, 0.15) is 5.82 Å². The fraction of sp³-hybridized carbons (Fsp3) is 0.0400. The summed E-state index contributed by atoms with van der Waals surface area (Å²) in [6.45, 7) is 0. The summed E-state index contributed by atoms with van der Waals surface area (Å²) in [5.74, 6) is -0.222. The molecule has 0 N–H and O–H groups in total. The van der Waals surface area contributed by atoms with E-state index < -0.39 is 5.41 Å². The van der Waals surface area contributed by atoms with Crippen LogP contribution in [0.2, 0.25) is 0 Å². The summed E-state index contributed by atoms with van der Waals surface area (Å²) in [4.78, 5) is 0. The molecule has 4 aromatic carbocycles. The van der Waals surface area contributed by atoms with Crippen molar-refractivity contribution in [1.29, 1.82) is 0 Å². The molecule has 2 aliphatic carbocycles. The molecule has 2 heteroatoms. The van der Waals surface area contributed by atoms with Crippen LogP contribution in [0.25, 0.3) is 22.3 Å². The molecule has 0 radical (unpaired) electrons. The summed E-state index contributed by atoms with van der Waals surface area (Å²) in [6.07, 6.45) is 0. The molecule has 0 unspecified atom stereocenters. The Balaban J connectivity index is 1.89. The van der Waals surface area contributed by atoms with E-state index in [-0.39, 0.29) is 5.82 Å². The van der Waals surface area contributed by atoms with Gasteiger partial charge in [0.25, 0.3) is 0 Å². The van der Waals surface area contributed by atoms with Crippen LogP contribution in [0.3, 0.4) is 0 Å². The summed E-state index contributed by atoms with van der Waals surface area (Å²) >= 11 is 3.54. The molecule has 0 bridgehead atoms. The quantitative estimate of drug-likeness (QED) is 0.253. The van der Waals surface area contributed by atoms with Crippen molar-refractivity contribution in [1.82, 2.24) is 0 Å². The zero-order valence-electron chi connectivity index (χ0n) is 14.3. The maximum absolute atomic E-state index is 14.5. The first-order chi connectivity index (χ1) is 13.2. The van der Waals surface area contributed by atoms with Gasteiger partial charge < -0.3 is 0 Å². The highest BCUT2D eigenvalue weighted by atomic mass is 79.9. The van der Waals surface area contributed by atoms with E-state index >= 15 is 0 Å². The molecule has 0 aromatic heterocycles. The van der Waals surface area contributed by atoms with Gasteiger partial charge in [-0.2, -0.15) is 0 Å². The van der Waals surface area contributed by atoms with Crippen molar-refractivity contribution in [3.63, 3.8) is 0 Å². The summed E-state index contributed by atoms with van der Waals surface area (Å²) in [5.41, 5.74) is 9.12. The van der Waals surface area contributed by atoms with Crippen LogP contribution < -0.4 is 0 Å². The SMILES string of the molecule is Fc1ccc2c(c1Br)-c1ccccc1C21c2ccccc2-c2ccccc21. The molecule has 0 fully saturated rings. The molecular weight excluding hydrogens is 399 g/mol. The van der Waals surface area contributed by atoms with Gasteiger partial charge in [0.2, 0.25) is 0 Å². The van der Waals surface area contributed by atoms with Gasteiger partial charge >= 0.3 is 0 Å². The molecule has 2 aliphatic rings. The number of halogens is 2. The Morgan fingerprint density at radius 3 is 1.63 bits per heavy atom. The summed E-state index contributed by atoms with van der Waals surface area (Å²) in [6, 6.07) is 29.2. The molecule has 6 rings (SSSR count). The van der Waals surface area contributed by atoms with Crippen LogP contribution in [0, 0.1) is 5.82 Å². The van der Waals surface area contributed by atoms with E-state index in [2.05, 4.69) is 82.7 Å². The van der Waals surface area contributed by atoms with E-state index in [9.17, 15) is 4.39 Å². The zero-order valence-corrected chi connectivity index (χ0v) is 15.9. The largest absolute Gasteiger partial charge is 0.206 e. The Morgan fingerprint density at radius 2 is 1.04 bits per heavy atom. The number of fused-ring (bicyclic) bond motifs is 10. The molecule has 0 nitrogen and oxygen atoms in total. The third-order valence-corrected chi connectivity index (χ3v) is 6.83. The number of rotatable bonds is 0. The third-order valence-electron chi connectivity index (χ3n) is 6.05. The van der Waals surface area contributed by atoms with Gasteiger partial charge in [-0.15, -0.1) is 0 Å². The van der Waals surface area contributed by atoms with Crippen LogP contribution in [-0.2, 0) is 5.41 Å². The lowest BCUT2D eigenvalue weighted by Gasteiger charge is -2.30. The van der Waals surface area contributed by atoms with Crippen LogP contribution in [0.4, 0.5) is 4.39 Å². The van der Waals surface area contributed by atoms with E-state index in [1.54, 1.807) is 6.07 Å². The molecule has 128 valence electrons. The van der Waals surface area contributed by atoms with E-state index in [0.29, 0.717) is 4.47 Å². The number of benzene rings is 4. The Labute approximate surface area is 165 Å². The van der Waals surface area contributed by atoms with E-state index in [1.807, 2.05) is 12.1 Å². The topological polar surface area (TPSA) is 0 Å². The first-order valence-electron chi connectivity index (χ1n) is 9.02. The van der Waals surface area contributed by atoms with Crippen LogP contribution in [0.1, 0.15) is 22.3 Å². The summed E-state index contributed by atoms with van der Waals surface area (Å²) in [7, 11) is 0.